The highest BCUT2D eigenvalue weighted by atomic mass is 16.1. The zero-order chi connectivity index (χ0) is 9.34. The van der Waals surface area contributed by atoms with Gasteiger partial charge in [-0.15, -0.1) is 0 Å². The molecule has 2 unspecified atom stereocenters. The van der Waals surface area contributed by atoms with Gasteiger partial charge >= 0.3 is 0 Å². The second-order valence-electron chi connectivity index (χ2n) is 5.02. The highest BCUT2D eigenvalue weighted by molar-refractivity contribution is 5.94. The molecule has 1 aromatic carbocycles. The molecule has 0 radical (unpaired) electrons. The maximum atomic E-state index is 11.9. The smallest absolute Gasteiger partial charge is 0.141 e. The first-order chi connectivity index (χ1) is 6.83. The van der Waals surface area contributed by atoms with E-state index in [1.54, 1.807) is 0 Å². The Morgan fingerprint density at radius 2 is 1.86 bits per heavy atom. The minimum Gasteiger partial charge on any atom is -0.299 e. The van der Waals surface area contributed by atoms with Crippen LogP contribution in [0.1, 0.15) is 42.2 Å². The van der Waals surface area contributed by atoms with Crippen molar-refractivity contribution < 1.29 is 4.79 Å². The monoisotopic (exact) mass is 184 g/mol. The summed E-state index contributed by atoms with van der Waals surface area (Å²) in [7, 11) is 0. The fraction of sp³-hybridized carbons (Fsp3) is 0.462. The SMILES string of the molecule is O=C1CC2c3ccccc3C1C21CC1. The Bertz CT molecular complexity index is 442. The van der Waals surface area contributed by atoms with E-state index in [4.69, 9.17) is 0 Å². The Morgan fingerprint density at radius 3 is 2.57 bits per heavy atom. The molecule has 4 rings (SSSR count). The van der Waals surface area contributed by atoms with Crippen LogP contribution in [-0.4, -0.2) is 5.78 Å². The molecule has 0 heterocycles. The van der Waals surface area contributed by atoms with Gasteiger partial charge < -0.3 is 0 Å². The molecule has 0 N–H and O–H groups in total. The average molecular weight is 184 g/mol. The Balaban J connectivity index is 2.02. The van der Waals surface area contributed by atoms with Crippen molar-refractivity contribution in [1.82, 2.24) is 0 Å². The first-order valence-electron chi connectivity index (χ1n) is 5.44. The lowest BCUT2D eigenvalue weighted by Crippen LogP contribution is -2.10. The van der Waals surface area contributed by atoms with E-state index in [1.807, 2.05) is 0 Å². The summed E-state index contributed by atoms with van der Waals surface area (Å²) in [6.07, 6.45) is 3.38. The van der Waals surface area contributed by atoms with Crippen molar-refractivity contribution in [2.75, 3.05) is 0 Å². The third-order valence-corrected chi connectivity index (χ3v) is 4.51. The Kier molecular flexibility index (Phi) is 1.01. The lowest BCUT2D eigenvalue weighted by Gasteiger charge is -2.12. The van der Waals surface area contributed by atoms with Crippen LogP contribution in [0.2, 0.25) is 0 Å². The van der Waals surface area contributed by atoms with Gasteiger partial charge in [0.05, 0.1) is 0 Å². The summed E-state index contributed by atoms with van der Waals surface area (Å²) in [5, 5.41) is 0. The van der Waals surface area contributed by atoms with E-state index in [0.29, 0.717) is 17.1 Å². The molecule has 3 aliphatic carbocycles. The number of benzene rings is 1. The molecule has 2 fully saturated rings. The molecule has 1 aromatic rings. The molecule has 2 saturated carbocycles. The fourth-order valence-corrected chi connectivity index (χ4v) is 3.82. The quantitative estimate of drug-likeness (QED) is 0.605. The molecule has 2 bridgehead atoms. The molecule has 0 amide bonds. The van der Waals surface area contributed by atoms with E-state index in [2.05, 4.69) is 24.3 Å². The van der Waals surface area contributed by atoms with E-state index >= 15 is 0 Å². The molecule has 1 nitrogen and oxygen atoms in total. The lowest BCUT2D eigenvalue weighted by molar-refractivity contribution is -0.119. The molecular weight excluding hydrogens is 172 g/mol. The summed E-state index contributed by atoms with van der Waals surface area (Å²) in [5.74, 6) is 1.37. The molecule has 3 aliphatic rings. The first kappa shape index (κ1) is 7.22. The van der Waals surface area contributed by atoms with Crippen LogP contribution in [0.15, 0.2) is 24.3 Å². The highest BCUT2D eigenvalue weighted by Gasteiger charge is 2.67. The average Bonchev–Trinajstić information content (AvgIpc) is 2.85. The summed E-state index contributed by atoms with van der Waals surface area (Å²) in [4.78, 5) is 11.9. The van der Waals surface area contributed by atoms with Gasteiger partial charge in [-0.1, -0.05) is 24.3 Å². The van der Waals surface area contributed by atoms with Gasteiger partial charge in [-0.2, -0.15) is 0 Å². The van der Waals surface area contributed by atoms with Crippen LogP contribution in [0.25, 0.3) is 0 Å². The van der Waals surface area contributed by atoms with Crippen LogP contribution in [0.4, 0.5) is 0 Å². The van der Waals surface area contributed by atoms with Crippen molar-refractivity contribution in [3.8, 4) is 0 Å². The number of hydrogen-bond acceptors (Lipinski definition) is 1. The third-order valence-electron chi connectivity index (χ3n) is 4.51. The van der Waals surface area contributed by atoms with Gasteiger partial charge in [0.2, 0.25) is 0 Å². The molecule has 0 aromatic heterocycles. The minimum absolute atomic E-state index is 0.281. The van der Waals surface area contributed by atoms with Crippen molar-refractivity contribution >= 4 is 5.78 Å². The minimum atomic E-state index is 0.281. The molecule has 1 heteroatoms. The number of ketones is 1. The van der Waals surface area contributed by atoms with Crippen LogP contribution >= 0.6 is 0 Å². The van der Waals surface area contributed by atoms with Crippen molar-refractivity contribution in [2.24, 2.45) is 5.41 Å². The maximum Gasteiger partial charge on any atom is 0.141 e. The largest absolute Gasteiger partial charge is 0.299 e. The Morgan fingerprint density at radius 1 is 1.14 bits per heavy atom. The van der Waals surface area contributed by atoms with Crippen molar-refractivity contribution in [3.63, 3.8) is 0 Å². The predicted octanol–water partition coefficient (Wildman–Crippen LogP) is 2.62. The van der Waals surface area contributed by atoms with Crippen LogP contribution in [0.5, 0.6) is 0 Å². The number of fused-ring (bicyclic) bond motifs is 3. The van der Waals surface area contributed by atoms with Gasteiger partial charge in [0.25, 0.3) is 0 Å². The molecule has 70 valence electrons. The van der Waals surface area contributed by atoms with Gasteiger partial charge in [0.1, 0.15) is 5.78 Å². The summed E-state index contributed by atoms with van der Waals surface area (Å²) in [6.45, 7) is 0. The molecule has 0 aliphatic heterocycles. The fourth-order valence-electron chi connectivity index (χ4n) is 3.82. The summed E-state index contributed by atoms with van der Waals surface area (Å²) >= 11 is 0. The topological polar surface area (TPSA) is 17.1 Å². The van der Waals surface area contributed by atoms with Gasteiger partial charge in [0.15, 0.2) is 0 Å². The molecule has 14 heavy (non-hydrogen) atoms. The summed E-state index contributed by atoms with van der Waals surface area (Å²) < 4.78 is 0. The highest BCUT2D eigenvalue weighted by Crippen LogP contribution is 2.74. The van der Waals surface area contributed by atoms with E-state index in [0.717, 1.165) is 6.42 Å². The number of carbonyl (C=O) groups is 1. The van der Waals surface area contributed by atoms with Crippen LogP contribution in [-0.2, 0) is 4.79 Å². The van der Waals surface area contributed by atoms with E-state index in [9.17, 15) is 4.79 Å². The van der Waals surface area contributed by atoms with E-state index < -0.39 is 0 Å². The molecule has 1 spiro atoms. The second-order valence-corrected chi connectivity index (χ2v) is 5.02. The van der Waals surface area contributed by atoms with Crippen LogP contribution in [0.3, 0.4) is 0 Å². The Hall–Kier alpha value is -1.11. The van der Waals surface area contributed by atoms with Crippen LogP contribution in [0, 0.1) is 5.41 Å². The number of rotatable bonds is 0. The van der Waals surface area contributed by atoms with Crippen molar-refractivity contribution in [3.05, 3.63) is 35.4 Å². The first-order valence-corrected chi connectivity index (χ1v) is 5.44. The summed E-state index contributed by atoms with van der Waals surface area (Å²) in [5.41, 5.74) is 3.24. The molecule has 0 saturated heterocycles. The third kappa shape index (κ3) is 0.579. The standard InChI is InChI=1S/C13H12O/c14-11-7-10-8-3-1-2-4-9(8)12(11)13(10)5-6-13/h1-4,10,12H,5-7H2. The normalized spacial score (nSPS) is 35.0. The lowest BCUT2D eigenvalue weighted by atomic mass is 9.91. The zero-order valence-corrected chi connectivity index (χ0v) is 7.99. The number of carbonyl (C=O) groups excluding carboxylic acids is 1. The molecular formula is C13H12O. The van der Waals surface area contributed by atoms with Crippen LogP contribution < -0.4 is 0 Å². The van der Waals surface area contributed by atoms with Gasteiger partial charge in [-0.3, -0.25) is 4.79 Å². The van der Waals surface area contributed by atoms with Gasteiger partial charge in [-0.05, 0) is 35.3 Å². The van der Waals surface area contributed by atoms with Gasteiger partial charge in [-0.25, -0.2) is 0 Å². The van der Waals surface area contributed by atoms with Crippen molar-refractivity contribution in [2.45, 2.75) is 31.1 Å². The summed E-state index contributed by atoms with van der Waals surface area (Å²) in [6, 6.07) is 8.58. The van der Waals surface area contributed by atoms with E-state index in [-0.39, 0.29) is 5.92 Å². The predicted molar refractivity (Wildman–Crippen MR) is 53.2 cm³/mol. The second kappa shape index (κ2) is 1.95. The maximum absolute atomic E-state index is 11.9. The van der Waals surface area contributed by atoms with Gasteiger partial charge in [0, 0.05) is 12.3 Å². The van der Waals surface area contributed by atoms with E-state index in [1.165, 1.54) is 24.0 Å². The number of Topliss-reactive ketones (excluding diaryl/α,β-unsaturated/α-hetero) is 1. The number of hydrogen-bond donors (Lipinski definition) is 0. The van der Waals surface area contributed by atoms with Crippen molar-refractivity contribution in [1.29, 1.82) is 0 Å². The Labute approximate surface area is 83.1 Å². The molecule has 2 atom stereocenters. The zero-order valence-electron chi connectivity index (χ0n) is 7.99.